The predicted octanol–water partition coefficient (Wildman–Crippen LogP) is 1.54. The van der Waals surface area contributed by atoms with E-state index < -0.39 is 5.92 Å². The van der Waals surface area contributed by atoms with Gasteiger partial charge in [0.2, 0.25) is 11.8 Å². The normalized spacial score (nSPS) is 22.6. The summed E-state index contributed by atoms with van der Waals surface area (Å²) in [5.41, 5.74) is 0. The number of imidazole rings is 1. The topological polar surface area (TPSA) is 79.6 Å². The van der Waals surface area contributed by atoms with Crippen molar-refractivity contribution in [3.63, 3.8) is 0 Å². The number of carbonyl (C=O) groups is 2. The zero-order valence-corrected chi connectivity index (χ0v) is 15.0. The van der Waals surface area contributed by atoms with Gasteiger partial charge in [0.25, 0.3) is 0 Å². The smallest absolute Gasteiger partial charge is 0.247 e. The Morgan fingerprint density at radius 3 is 2.84 bits per heavy atom. The van der Waals surface area contributed by atoms with Gasteiger partial charge in [0.1, 0.15) is 0 Å². The number of hydrogen-bond donors (Lipinski definition) is 1. The van der Waals surface area contributed by atoms with Crippen molar-refractivity contribution in [2.75, 3.05) is 6.54 Å². The highest BCUT2D eigenvalue weighted by molar-refractivity contribution is 7.80. The quantitative estimate of drug-likeness (QED) is 0.361. The Balaban J connectivity index is 1.57. The number of hydrogen-bond acceptors (Lipinski definition) is 5. The molecule has 7 nitrogen and oxygen atoms in total. The summed E-state index contributed by atoms with van der Waals surface area (Å²) in [5, 5.41) is 2.91. The minimum absolute atomic E-state index is 0.103. The third kappa shape index (κ3) is 4.31. The lowest BCUT2D eigenvalue weighted by molar-refractivity contribution is -0.139. The first-order chi connectivity index (χ1) is 12.2. The fourth-order valence-electron chi connectivity index (χ4n) is 3.37. The number of rotatable bonds is 6. The Bertz CT molecular complexity index is 652. The van der Waals surface area contributed by atoms with Gasteiger partial charge in [-0.05, 0) is 31.5 Å². The second-order valence-corrected chi connectivity index (χ2v) is 6.87. The molecule has 0 bridgehead atoms. The Hall–Kier alpha value is -2.09. The van der Waals surface area contributed by atoms with Crippen LogP contribution < -0.4 is 5.32 Å². The van der Waals surface area contributed by atoms with Gasteiger partial charge in [-0.1, -0.05) is 19.3 Å². The average Bonchev–Trinajstić information content (AvgIpc) is 3.11. The van der Waals surface area contributed by atoms with Crippen LogP contribution in [0.4, 0.5) is 0 Å². The molecule has 0 radical (unpaired) electrons. The van der Waals surface area contributed by atoms with Crippen LogP contribution in [0.5, 0.6) is 0 Å². The van der Waals surface area contributed by atoms with Crippen LogP contribution in [-0.2, 0) is 16.1 Å². The van der Waals surface area contributed by atoms with Crippen LogP contribution in [0.25, 0.3) is 0 Å². The molecule has 1 saturated carbocycles. The van der Waals surface area contributed by atoms with Crippen molar-refractivity contribution in [3.8, 4) is 0 Å². The highest BCUT2D eigenvalue weighted by atomic mass is 32.1. The zero-order valence-electron chi connectivity index (χ0n) is 14.1. The number of aliphatic imine (C=N–C) groups is 1. The van der Waals surface area contributed by atoms with Gasteiger partial charge in [-0.25, -0.2) is 4.98 Å². The highest BCUT2D eigenvalue weighted by Crippen LogP contribution is 2.25. The minimum atomic E-state index is -0.873. The van der Waals surface area contributed by atoms with Crippen molar-refractivity contribution in [2.24, 2.45) is 10.9 Å². The van der Waals surface area contributed by atoms with E-state index in [9.17, 15) is 9.59 Å². The monoisotopic (exact) mass is 361 g/mol. The molecule has 2 aliphatic rings. The molecule has 1 aromatic heterocycles. The van der Waals surface area contributed by atoms with Gasteiger partial charge in [0.15, 0.2) is 11.0 Å². The lowest BCUT2D eigenvalue weighted by Gasteiger charge is -2.38. The fraction of sp³-hybridized carbons (Fsp3) is 0.588. The van der Waals surface area contributed by atoms with Gasteiger partial charge in [-0.2, -0.15) is 0 Å². The molecule has 8 heteroatoms. The number of thiocarbonyl (C=S) groups is 1. The molecule has 2 fully saturated rings. The third-order valence-corrected chi connectivity index (χ3v) is 4.99. The molecule has 0 aromatic carbocycles. The number of amides is 2. The van der Waals surface area contributed by atoms with Crippen LogP contribution in [0.2, 0.25) is 0 Å². The third-order valence-electron chi connectivity index (χ3n) is 4.69. The van der Waals surface area contributed by atoms with Crippen LogP contribution in [0, 0.1) is 5.92 Å². The Labute approximate surface area is 152 Å². The van der Waals surface area contributed by atoms with Gasteiger partial charge < -0.3 is 9.88 Å². The first kappa shape index (κ1) is 17.7. The van der Waals surface area contributed by atoms with Gasteiger partial charge in [-0.15, -0.1) is 0 Å². The molecule has 25 heavy (non-hydrogen) atoms. The molecular formula is C17H23N5O2S. The van der Waals surface area contributed by atoms with Crippen molar-refractivity contribution >= 4 is 35.4 Å². The van der Waals surface area contributed by atoms with Crippen molar-refractivity contribution in [2.45, 2.75) is 51.1 Å². The summed E-state index contributed by atoms with van der Waals surface area (Å²) in [6.45, 7) is 1.36. The molecular weight excluding hydrogens is 338 g/mol. The Morgan fingerprint density at radius 1 is 1.32 bits per heavy atom. The maximum absolute atomic E-state index is 12.8. The molecule has 3 rings (SSSR count). The Kier molecular flexibility index (Phi) is 5.91. The van der Waals surface area contributed by atoms with Crippen molar-refractivity contribution < 1.29 is 9.59 Å². The van der Waals surface area contributed by atoms with Crippen LogP contribution >= 0.6 is 12.2 Å². The summed E-state index contributed by atoms with van der Waals surface area (Å²) >= 11 is 5.23. The fourth-order valence-corrected chi connectivity index (χ4v) is 3.71. The summed E-state index contributed by atoms with van der Waals surface area (Å²) in [6.07, 6.45) is 12.9. The van der Waals surface area contributed by atoms with E-state index in [0.717, 1.165) is 38.6 Å². The van der Waals surface area contributed by atoms with E-state index in [1.54, 1.807) is 17.4 Å². The van der Waals surface area contributed by atoms with Crippen molar-refractivity contribution in [3.05, 3.63) is 18.7 Å². The summed E-state index contributed by atoms with van der Waals surface area (Å²) in [6, 6.07) is 0.103. The average molecular weight is 361 g/mol. The standard InChI is InChI=1S/C17H23N5O2S/c23-15-14(11-18-7-4-9-21-10-8-19-12-21)16(24)22(17(25)20-15)13-5-2-1-3-6-13/h8,10-14H,1-7,9H2,(H,20,23,25). The first-order valence-corrected chi connectivity index (χ1v) is 9.21. The number of aromatic nitrogens is 2. The van der Waals surface area contributed by atoms with Crippen LogP contribution in [-0.4, -0.2) is 50.2 Å². The molecule has 0 spiro atoms. The molecule has 1 aliphatic carbocycles. The van der Waals surface area contributed by atoms with E-state index in [4.69, 9.17) is 12.2 Å². The lowest BCUT2D eigenvalue weighted by Crippen LogP contribution is -2.61. The second-order valence-electron chi connectivity index (χ2n) is 6.48. The Morgan fingerprint density at radius 2 is 2.12 bits per heavy atom. The zero-order chi connectivity index (χ0) is 17.6. The van der Waals surface area contributed by atoms with Crippen molar-refractivity contribution in [1.82, 2.24) is 19.8 Å². The van der Waals surface area contributed by atoms with Crippen LogP contribution in [0.3, 0.4) is 0 Å². The van der Waals surface area contributed by atoms with Crippen molar-refractivity contribution in [1.29, 1.82) is 0 Å². The minimum Gasteiger partial charge on any atom is -0.337 e. The van der Waals surface area contributed by atoms with E-state index >= 15 is 0 Å². The summed E-state index contributed by atoms with van der Waals surface area (Å²) in [7, 11) is 0. The highest BCUT2D eigenvalue weighted by Gasteiger charge is 2.40. The largest absolute Gasteiger partial charge is 0.337 e. The molecule has 1 unspecified atom stereocenters. The number of nitrogens with one attached hydrogen (secondary N) is 1. The van der Waals surface area contributed by atoms with E-state index in [0.29, 0.717) is 6.54 Å². The predicted molar refractivity (Wildman–Crippen MR) is 98.2 cm³/mol. The van der Waals surface area contributed by atoms with Gasteiger partial charge in [0.05, 0.1) is 6.33 Å². The lowest BCUT2D eigenvalue weighted by atomic mass is 9.92. The second kappa shape index (κ2) is 8.33. The number of carbonyl (C=O) groups excluding carboxylic acids is 2. The summed E-state index contributed by atoms with van der Waals surface area (Å²) < 4.78 is 1.97. The number of nitrogens with zero attached hydrogens (tertiary/aromatic N) is 4. The molecule has 2 heterocycles. The molecule has 1 N–H and O–H groups in total. The summed E-state index contributed by atoms with van der Waals surface area (Å²) in [5.74, 6) is -1.48. The summed E-state index contributed by atoms with van der Waals surface area (Å²) in [4.78, 5) is 34.8. The van der Waals surface area contributed by atoms with E-state index in [2.05, 4.69) is 15.3 Å². The number of aryl methyl sites for hydroxylation is 1. The van der Waals surface area contributed by atoms with Gasteiger partial charge in [-0.3, -0.25) is 19.5 Å². The molecule has 1 atom stereocenters. The molecule has 134 valence electrons. The van der Waals surface area contributed by atoms with Gasteiger partial charge in [0, 0.05) is 37.7 Å². The van der Waals surface area contributed by atoms with E-state index in [-0.39, 0.29) is 23.0 Å². The van der Waals surface area contributed by atoms with E-state index in [1.807, 2.05) is 10.8 Å². The maximum atomic E-state index is 12.8. The van der Waals surface area contributed by atoms with Crippen LogP contribution in [0.15, 0.2) is 23.7 Å². The molecule has 1 saturated heterocycles. The molecule has 1 aromatic rings. The maximum Gasteiger partial charge on any atom is 0.247 e. The molecule has 2 amide bonds. The van der Waals surface area contributed by atoms with E-state index in [1.165, 1.54) is 12.6 Å². The molecule has 1 aliphatic heterocycles. The SMILES string of the molecule is O=C1NC(=S)N(C2CCCCC2)C(=O)C1C=NCCCn1ccnc1. The van der Waals surface area contributed by atoms with Gasteiger partial charge >= 0.3 is 0 Å². The van der Waals surface area contributed by atoms with Crippen LogP contribution in [0.1, 0.15) is 38.5 Å². The first-order valence-electron chi connectivity index (χ1n) is 8.80.